The molecule has 0 saturated heterocycles. The number of hydrogen-bond acceptors (Lipinski definition) is 1. The van der Waals surface area contributed by atoms with Crippen LogP contribution >= 0.6 is 0 Å². The molecule has 0 spiro atoms. The normalized spacial score (nSPS) is 21.9. The second kappa shape index (κ2) is 7.65. The van der Waals surface area contributed by atoms with Crippen molar-refractivity contribution in [3.8, 4) is 12.3 Å². The molecule has 1 aliphatic carbocycles. The molecule has 0 unspecified atom stereocenters. The van der Waals surface area contributed by atoms with E-state index < -0.39 is 0 Å². The first-order chi connectivity index (χ1) is 14.7. The molecule has 0 bridgehead atoms. The molecule has 1 aromatic heterocycles. The third-order valence-electron chi connectivity index (χ3n) is 6.91. The SMILES string of the molecule is C#CC(=O)N1[C@@H](c2ccc(F)cc2)c2[nH]c3ccccc3c2C[C@@H]1C1CCCCC1. The van der Waals surface area contributed by atoms with Crippen molar-refractivity contribution in [2.45, 2.75) is 50.6 Å². The van der Waals surface area contributed by atoms with Gasteiger partial charge in [-0.1, -0.05) is 49.6 Å². The minimum Gasteiger partial charge on any atom is -0.356 e. The number of para-hydroxylation sites is 1. The minimum atomic E-state index is -0.336. The van der Waals surface area contributed by atoms with Gasteiger partial charge >= 0.3 is 0 Å². The second-order valence-corrected chi connectivity index (χ2v) is 8.54. The topological polar surface area (TPSA) is 36.1 Å². The van der Waals surface area contributed by atoms with Crippen LogP contribution in [0.1, 0.15) is 55.0 Å². The molecular weight excluding hydrogens is 375 g/mol. The summed E-state index contributed by atoms with van der Waals surface area (Å²) in [6, 6.07) is 14.5. The quantitative estimate of drug-likeness (QED) is 0.578. The summed E-state index contributed by atoms with van der Waals surface area (Å²) in [6.07, 6.45) is 12.3. The Kier molecular flexibility index (Phi) is 4.83. The molecule has 4 heteroatoms. The Morgan fingerprint density at radius 1 is 1.07 bits per heavy atom. The number of benzene rings is 2. The van der Waals surface area contributed by atoms with Gasteiger partial charge in [0.25, 0.3) is 5.91 Å². The van der Waals surface area contributed by atoms with Crippen molar-refractivity contribution in [3.05, 3.63) is 71.2 Å². The van der Waals surface area contributed by atoms with E-state index in [0.29, 0.717) is 5.92 Å². The number of hydrogen-bond donors (Lipinski definition) is 1. The molecule has 2 atom stereocenters. The van der Waals surface area contributed by atoms with Crippen LogP contribution in [0.15, 0.2) is 48.5 Å². The lowest BCUT2D eigenvalue weighted by atomic mass is 9.76. The molecule has 1 fully saturated rings. The molecule has 3 aromatic rings. The van der Waals surface area contributed by atoms with Crippen LogP contribution in [0.4, 0.5) is 4.39 Å². The molecule has 1 aliphatic heterocycles. The molecule has 1 N–H and O–H groups in total. The van der Waals surface area contributed by atoms with Gasteiger partial charge in [-0.3, -0.25) is 4.79 Å². The van der Waals surface area contributed by atoms with E-state index in [1.807, 2.05) is 11.0 Å². The first-order valence-corrected chi connectivity index (χ1v) is 10.8. The first kappa shape index (κ1) is 18.9. The maximum Gasteiger partial charge on any atom is 0.299 e. The Bertz CT molecular complexity index is 1120. The Balaban J connectivity index is 1.72. The number of nitrogens with zero attached hydrogens (tertiary/aromatic N) is 1. The van der Waals surface area contributed by atoms with Gasteiger partial charge in [0.2, 0.25) is 0 Å². The van der Waals surface area contributed by atoms with Gasteiger partial charge in [-0.2, -0.15) is 0 Å². The molecule has 152 valence electrons. The number of rotatable bonds is 2. The lowest BCUT2D eigenvalue weighted by Gasteiger charge is -2.45. The summed E-state index contributed by atoms with van der Waals surface area (Å²) in [4.78, 5) is 18.6. The van der Waals surface area contributed by atoms with Crippen LogP contribution in [0, 0.1) is 24.1 Å². The minimum absolute atomic E-state index is 0.0515. The van der Waals surface area contributed by atoms with Gasteiger partial charge < -0.3 is 9.88 Å². The van der Waals surface area contributed by atoms with Crippen molar-refractivity contribution in [1.29, 1.82) is 0 Å². The summed E-state index contributed by atoms with van der Waals surface area (Å²) in [5.74, 6) is 2.24. The monoisotopic (exact) mass is 400 g/mol. The maximum absolute atomic E-state index is 13.7. The predicted octanol–water partition coefficient (Wildman–Crippen LogP) is 5.36. The van der Waals surface area contributed by atoms with Gasteiger partial charge in [0.15, 0.2) is 0 Å². The van der Waals surface area contributed by atoms with E-state index in [4.69, 9.17) is 6.42 Å². The largest absolute Gasteiger partial charge is 0.356 e. The highest BCUT2D eigenvalue weighted by atomic mass is 19.1. The first-order valence-electron chi connectivity index (χ1n) is 10.8. The summed E-state index contributed by atoms with van der Waals surface area (Å²) < 4.78 is 13.7. The van der Waals surface area contributed by atoms with E-state index in [9.17, 15) is 9.18 Å². The fourth-order valence-electron chi connectivity index (χ4n) is 5.54. The Morgan fingerprint density at radius 2 is 1.80 bits per heavy atom. The third-order valence-corrected chi connectivity index (χ3v) is 6.91. The molecule has 1 amide bonds. The Morgan fingerprint density at radius 3 is 2.53 bits per heavy atom. The highest BCUT2D eigenvalue weighted by molar-refractivity contribution is 5.95. The van der Waals surface area contributed by atoms with Crippen LogP contribution < -0.4 is 0 Å². The molecule has 2 aliphatic rings. The maximum atomic E-state index is 13.7. The number of carbonyl (C=O) groups excluding carboxylic acids is 1. The molecule has 3 nitrogen and oxygen atoms in total. The summed E-state index contributed by atoms with van der Waals surface area (Å²) in [6.45, 7) is 0. The van der Waals surface area contributed by atoms with Crippen LogP contribution in [0.3, 0.4) is 0 Å². The fourth-order valence-corrected chi connectivity index (χ4v) is 5.54. The zero-order chi connectivity index (χ0) is 20.7. The summed E-state index contributed by atoms with van der Waals surface area (Å²) in [5.41, 5.74) is 4.20. The number of carbonyl (C=O) groups is 1. The van der Waals surface area contributed by atoms with E-state index >= 15 is 0 Å². The summed E-state index contributed by atoms with van der Waals surface area (Å²) >= 11 is 0. The molecule has 0 radical (unpaired) electrons. The molecular formula is C26H25FN2O. The Hall–Kier alpha value is -3.06. The van der Waals surface area contributed by atoms with Crippen LogP contribution in [-0.4, -0.2) is 21.8 Å². The van der Waals surface area contributed by atoms with Gasteiger partial charge in [0.05, 0.1) is 6.04 Å². The number of H-pyrrole nitrogens is 1. The lowest BCUT2D eigenvalue weighted by Crippen LogP contribution is -2.51. The highest BCUT2D eigenvalue weighted by Crippen LogP contribution is 2.44. The lowest BCUT2D eigenvalue weighted by molar-refractivity contribution is -0.131. The highest BCUT2D eigenvalue weighted by Gasteiger charge is 2.43. The molecule has 2 heterocycles. The van der Waals surface area contributed by atoms with Crippen LogP contribution in [0.2, 0.25) is 0 Å². The summed E-state index contributed by atoms with van der Waals surface area (Å²) in [5, 5.41) is 1.20. The fraction of sp³-hybridized carbons (Fsp3) is 0.346. The van der Waals surface area contributed by atoms with E-state index in [0.717, 1.165) is 36.0 Å². The van der Waals surface area contributed by atoms with Crippen molar-refractivity contribution >= 4 is 16.8 Å². The predicted molar refractivity (Wildman–Crippen MR) is 116 cm³/mol. The van der Waals surface area contributed by atoms with E-state index in [1.165, 1.54) is 42.3 Å². The smallest absolute Gasteiger partial charge is 0.299 e. The second-order valence-electron chi connectivity index (χ2n) is 8.54. The molecule has 2 aromatic carbocycles. The number of halogens is 1. The zero-order valence-corrected chi connectivity index (χ0v) is 16.9. The molecule has 5 rings (SSSR count). The number of fused-ring (bicyclic) bond motifs is 3. The zero-order valence-electron chi connectivity index (χ0n) is 16.9. The van der Waals surface area contributed by atoms with Crippen molar-refractivity contribution in [2.24, 2.45) is 5.92 Å². The van der Waals surface area contributed by atoms with Gasteiger partial charge in [0.1, 0.15) is 5.82 Å². The van der Waals surface area contributed by atoms with Gasteiger partial charge in [-0.15, -0.1) is 6.42 Å². The van der Waals surface area contributed by atoms with Crippen LogP contribution in [0.25, 0.3) is 10.9 Å². The number of terminal acetylenes is 1. The van der Waals surface area contributed by atoms with Crippen molar-refractivity contribution in [1.82, 2.24) is 9.88 Å². The average molecular weight is 400 g/mol. The standard InChI is InChI=1S/C26H25FN2O/c1-2-24(30)29-23(17-8-4-3-5-9-17)16-21-20-10-6-7-11-22(20)28-25(21)26(29)18-12-14-19(27)15-13-18/h1,6-7,10-15,17,23,26,28H,3-5,8-9,16H2/t23-,26+/m1/s1. The van der Waals surface area contributed by atoms with Crippen LogP contribution in [0.5, 0.6) is 0 Å². The number of aromatic nitrogens is 1. The number of aromatic amines is 1. The average Bonchev–Trinajstić information content (AvgIpc) is 3.17. The molecule has 30 heavy (non-hydrogen) atoms. The third kappa shape index (κ3) is 3.10. The van der Waals surface area contributed by atoms with Gasteiger partial charge in [0, 0.05) is 22.6 Å². The number of amides is 1. The van der Waals surface area contributed by atoms with Crippen molar-refractivity contribution < 1.29 is 9.18 Å². The summed E-state index contributed by atoms with van der Waals surface area (Å²) in [7, 11) is 0. The molecule has 1 saturated carbocycles. The van der Waals surface area contributed by atoms with E-state index in [2.05, 4.69) is 29.1 Å². The van der Waals surface area contributed by atoms with Crippen molar-refractivity contribution in [3.63, 3.8) is 0 Å². The Labute approximate surface area is 176 Å². The van der Waals surface area contributed by atoms with Crippen molar-refractivity contribution in [2.75, 3.05) is 0 Å². The van der Waals surface area contributed by atoms with E-state index in [-0.39, 0.29) is 23.8 Å². The van der Waals surface area contributed by atoms with Gasteiger partial charge in [-0.25, -0.2) is 4.39 Å². The van der Waals surface area contributed by atoms with Crippen LogP contribution in [-0.2, 0) is 11.2 Å². The number of nitrogens with one attached hydrogen (secondary N) is 1. The van der Waals surface area contributed by atoms with Gasteiger partial charge in [-0.05, 0) is 60.4 Å². The van der Waals surface area contributed by atoms with E-state index in [1.54, 1.807) is 12.1 Å².